The standard InChI is InChI=1S/C16H31NO2/c1-10(2)15(18)9-14(16(19)11(3)4)17(12(5)6)13(7)8/h10-14H,9H2,1-8H3. The van der Waals surface area contributed by atoms with Crippen LogP contribution in [0.3, 0.4) is 0 Å². The maximum atomic E-state index is 12.5. The van der Waals surface area contributed by atoms with Gasteiger partial charge in [-0.2, -0.15) is 0 Å². The third-order valence-corrected chi connectivity index (χ3v) is 3.49. The van der Waals surface area contributed by atoms with Gasteiger partial charge in [0.25, 0.3) is 0 Å². The Morgan fingerprint density at radius 3 is 1.47 bits per heavy atom. The summed E-state index contributed by atoms with van der Waals surface area (Å²) in [5, 5.41) is 0. The lowest BCUT2D eigenvalue weighted by molar-refractivity contribution is -0.134. The largest absolute Gasteiger partial charge is 0.299 e. The molecule has 1 unspecified atom stereocenters. The van der Waals surface area contributed by atoms with Gasteiger partial charge in [0.05, 0.1) is 6.04 Å². The highest BCUT2D eigenvalue weighted by molar-refractivity contribution is 5.92. The summed E-state index contributed by atoms with van der Waals surface area (Å²) in [4.78, 5) is 26.7. The summed E-state index contributed by atoms with van der Waals surface area (Å²) in [5.74, 6) is 0.301. The van der Waals surface area contributed by atoms with Crippen LogP contribution in [0.1, 0.15) is 61.8 Å². The van der Waals surface area contributed by atoms with Crippen molar-refractivity contribution in [3.05, 3.63) is 0 Å². The van der Waals surface area contributed by atoms with Crippen molar-refractivity contribution in [2.45, 2.75) is 79.9 Å². The van der Waals surface area contributed by atoms with E-state index in [1.807, 2.05) is 27.7 Å². The molecule has 1 atom stereocenters. The topological polar surface area (TPSA) is 37.4 Å². The first-order valence-electron chi connectivity index (χ1n) is 7.43. The second-order valence-corrected chi connectivity index (χ2v) is 6.53. The quantitative estimate of drug-likeness (QED) is 0.678. The molecule has 19 heavy (non-hydrogen) atoms. The predicted octanol–water partition coefficient (Wildman–Crippen LogP) is 3.31. The molecule has 112 valence electrons. The van der Waals surface area contributed by atoms with Crippen molar-refractivity contribution >= 4 is 11.6 Å². The van der Waals surface area contributed by atoms with Crippen LogP contribution in [-0.4, -0.2) is 34.6 Å². The van der Waals surface area contributed by atoms with E-state index < -0.39 is 0 Å². The molecule has 0 aliphatic carbocycles. The van der Waals surface area contributed by atoms with Crippen LogP contribution >= 0.6 is 0 Å². The van der Waals surface area contributed by atoms with Gasteiger partial charge in [0, 0.05) is 30.3 Å². The number of ketones is 2. The molecule has 0 bridgehead atoms. The summed E-state index contributed by atoms with van der Waals surface area (Å²) < 4.78 is 0. The Morgan fingerprint density at radius 1 is 0.789 bits per heavy atom. The lowest BCUT2D eigenvalue weighted by Gasteiger charge is -2.38. The molecule has 3 heteroatoms. The Bertz CT molecular complexity index is 298. The zero-order chi connectivity index (χ0) is 15.3. The second-order valence-electron chi connectivity index (χ2n) is 6.53. The van der Waals surface area contributed by atoms with E-state index >= 15 is 0 Å². The highest BCUT2D eigenvalue weighted by atomic mass is 16.1. The molecule has 0 aromatic carbocycles. The molecule has 0 aliphatic heterocycles. The number of hydrogen-bond acceptors (Lipinski definition) is 3. The van der Waals surface area contributed by atoms with Crippen LogP contribution in [0.25, 0.3) is 0 Å². The summed E-state index contributed by atoms with van der Waals surface area (Å²) in [6.07, 6.45) is 0.338. The maximum Gasteiger partial charge on any atom is 0.152 e. The van der Waals surface area contributed by atoms with Gasteiger partial charge in [-0.1, -0.05) is 27.7 Å². The van der Waals surface area contributed by atoms with E-state index in [1.54, 1.807) is 0 Å². The van der Waals surface area contributed by atoms with Crippen LogP contribution in [0.2, 0.25) is 0 Å². The number of carbonyl (C=O) groups excluding carboxylic acids is 2. The zero-order valence-electron chi connectivity index (χ0n) is 13.9. The number of Topliss-reactive ketones (excluding diaryl/α,β-unsaturated/α-hetero) is 2. The minimum Gasteiger partial charge on any atom is -0.299 e. The Balaban J connectivity index is 5.25. The second kappa shape index (κ2) is 7.78. The molecule has 3 nitrogen and oxygen atoms in total. The smallest absolute Gasteiger partial charge is 0.152 e. The highest BCUT2D eigenvalue weighted by Gasteiger charge is 2.33. The third-order valence-electron chi connectivity index (χ3n) is 3.49. The first-order chi connectivity index (χ1) is 8.59. The highest BCUT2D eigenvalue weighted by Crippen LogP contribution is 2.19. The zero-order valence-corrected chi connectivity index (χ0v) is 13.9. The molecule has 0 N–H and O–H groups in total. The van der Waals surface area contributed by atoms with Crippen LogP contribution in [-0.2, 0) is 9.59 Å². The average Bonchev–Trinajstić information content (AvgIpc) is 2.25. The van der Waals surface area contributed by atoms with E-state index in [1.165, 1.54) is 0 Å². The molecule has 0 aliphatic rings. The molecular formula is C16H31NO2. The summed E-state index contributed by atoms with van der Waals surface area (Å²) in [6, 6.07) is 0.232. The van der Waals surface area contributed by atoms with Gasteiger partial charge in [-0.05, 0) is 27.7 Å². The fourth-order valence-electron chi connectivity index (χ4n) is 2.48. The van der Waals surface area contributed by atoms with Crippen molar-refractivity contribution < 1.29 is 9.59 Å². The number of hydrogen-bond donors (Lipinski definition) is 0. The van der Waals surface area contributed by atoms with E-state index in [0.29, 0.717) is 6.42 Å². The predicted molar refractivity (Wildman–Crippen MR) is 80.2 cm³/mol. The lowest BCUT2D eigenvalue weighted by Crippen LogP contribution is -2.51. The first kappa shape index (κ1) is 18.3. The maximum absolute atomic E-state index is 12.5. The fraction of sp³-hybridized carbons (Fsp3) is 0.875. The monoisotopic (exact) mass is 269 g/mol. The molecule has 0 saturated heterocycles. The SMILES string of the molecule is CC(C)C(=O)CC(C(=O)C(C)C)N(C(C)C)C(C)C. The van der Waals surface area contributed by atoms with Gasteiger partial charge < -0.3 is 0 Å². The van der Waals surface area contributed by atoms with Crippen LogP contribution < -0.4 is 0 Å². The number of carbonyl (C=O) groups is 2. The Kier molecular flexibility index (Phi) is 7.50. The fourth-order valence-corrected chi connectivity index (χ4v) is 2.48. The van der Waals surface area contributed by atoms with Crippen molar-refractivity contribution in [1.29, 1.82) is 0 Å². The molecule has 0 amide bonds. The number of nitrogens with zero attached hydrogens (tertiary/aromatic N) is 1. The van der Waals surface area contributed by atoms with E-state index in [4.69, 9.17) is 0 Å². The Labute approximate surface area is 118 Å². The molecule has 0 rings (SSSR count). The van der Waals surface area contributed by atoms with E-state index in [9.17, 15) is 9.59 Å². The Morgan fingerprint density at radius 2 is 1.21 bits per heavy atom. The van der Waals surface area contributed by atoms with Gasteiger partial charge in [-0.15, -0.1) is 0 Å². The van der Waals surface area contributed by atoms with Crippen molar-refractivity contribution in [3.8, 4) is 0 Å². The molecule has 0 radical (unpaired) electrons. The lowest BCUT2D eigenvalue weighted by atomic mass is 9.91. The van der Waals surface area contributed by atoms with Crippen molar-refractivity contribution in [2.24, 2.45) is 11.8 Å². The molecule has 0 fully saturated rings. The molecular weight excluding hydrogens is 238 g/mol. The van der Waals surface area contributed by atoms with Crippen molar-refractivity contribution in [1.82, 2.24) is 4.90 Å². The Hall–Kier alpha value is -0.700. The molecule has 0 aromatic heterocycles. The molecule has 0 saturated carbocycles. The van der Waals surface area contributed by atoms with Crippen LogP contribution in [0.15, 0.2) is 0 Å². The number of rotatable bonds is 8. The summed E-state index contributed by atoms with van der Waals surface area (Å²) in [7, 11) is 0. The van der Waals surface area contributed by atoms with Crippen LogP contribution in [0, 0.1) is 11.8 Å². The van der Waals surface area contributed by atoms with Gasteiger partial charge in [0.2, 0.25) is 0 Å². The summed E-state index contributed by atoms with van der Waals surface area (Å²) in [5.41, 5.74) is 0. The van der Waals surface area contributed by atoms with Crippen LogP contribution in [0.4, 0.5) is 0 Å². The molecule has 0 aromatic rings. The average molecular weight is 269 g/mol. The van der Waals surface area contributed by atoms with Gasteiger partial charge in [0.15, 0.2) is 5.78 Å². The van der Waals surface area contributed by atoms with Gasteiger partial charge in [-0.3, -0.25) is 14.5 Å². The summed E-state index contributed by atoms with van der Waals surface area (Å²) >= 11 is 0. The van der Waals surface area contributed by atoms with E-state index in [2.05, 4.69) is 32.6 Å². The van der Waals surface area contributed by atoms with Crippen LogP contribution in [0.5, 0.6) is 0 Å². The van der Waals surface area contributed by atoms with Crippen molar-refractivity contribution in [2.75, 3.05) is 0 Å². The minimum atomic E-state index is -0.283. The van der Waals surface area contributed by atoms with Gasteiger partial charge in [0.1, 0.15) is 5.78 Å². The van der Waals surface area contributed by atoms with Crippen molar-refractivity contribution in [3.63, 3.8) is 0 Å². The molecule has 0 heterocycles. The summed E-state index contributed by atoms with van der Waals surface area (Å²) in [6.45, 7) is 16.0. The van der Waals surface area contributed by atoms with Gasteiger partial charge >= 0.3 is 0 Å². The third kappa shape index (κ3) is 5.43. The van der Waals surface area contributed by atoms with E-state index in [0.717, 1.165) is 0 Å². The van der Waals surface area contributed by atoms with Gasteiger partial charge in [-0.25, -0.2) is 0 Å². The normalized spacial score (nSPS) is 13.9. The molecule has 0 spiro atoms. The van der Waals surface area contributed by atoms with E-state index in [-0.39, 0.29) is 41.5 Å². The first-order valence-corrected chi connectivity index (χ1v) is 7.43. The minimum absolute atomic E-state index is 0.0105.